The summed E-state index contributed by atoms with van der Waals surface area (Å²) in [5.41, 5.74) is 2.63. The van der Waals surface area contributed by atoms with Crippen LogP contribution in [-0.2, 0) is 6.54 Å². The van der Waals surface area contributed by atoms with Crippen molar-refractivity contribution in [3.63, 3.8) is 0 Å². The molecule has 0 atom stereocenters. The zero-order chi connectivity index (χ0) is 10.1. The SMILES string of the molecule is CC(=O)c1cccc2c1NC(=S)NC2. The number of thiocarbonyl (C=S) groups is 1. The summed E-state index contributed by atoms with van der Waals surface area (Å²) >= 11 is 4.99. The van der Waals surface area contributed by atoms with E-state index in [1.54, 1.807) is 6.92 Å². The van der Waals surface area contributed by atoms with Crippen molar-refractivity contribution in [3.05, 3.63) is 29.3 Å². The number of hydrogen-bond acceptors (Lipinski definition) is 2. The average molecular weight is 206 g/mol. The van der Waals surface area contributed by atoms with Crippen LogP contribution in [0.3, 0.4) is 0 Å². The third-order valence-corrected chi connectivity index (χ3v) is 2.45. The van der Waals surface area contributed by atoms with E-state index >= 15 is 0 Å². The summed E-state index contributed by atoms with van der Waals surface area (Å²) < 4.78 is 0. The fraction of sp³-hybridized carbons (Fsp3) is 0.200. The molecule has 1 aromatic carbocycles. The average Bonchev–Trinajstić information content (AvgIpc) is 2.16. The van der Waals surface area contributed by atoms with Gasteiger partial charge in [0.15, 0.2) is 10.9 Å². The van der Waals surface area contributed by atoms with Crippen molar-refractivity contribution in [2.75, 3.05) is 5.32 Å². The van der Waals surface area contributed by atoms with E-state index in [0.29, 0.717) is 17.2 Å². The number of fused-ring (bicyclic) bond motifs is 1. The molecular formula is C10H10N2OS. The van der Waals surface area contributed by atoms with Crippen LogP contribution in [0.5, 0.6) is 0 Å². The lowest BCUT2D eigenvalue weighted by atomic mass is 10.0. The highest BCUT2D eigenvalue weighted by Crippen LogP contribution is 2.24. The number of benzene rings is 1. The number of hydrogen-bond donors (Lipinski definition) is 2. The van der Waals surface area contributed by atoms with Gasteiger partial charge in [0.05, 0.1) is 5.69 Å². The molecule has 0 saturated heterocycles. The van der Waals surface area contributed by atoms with Gasteiger partial charge in [0, 0.05) is 12.1 Å². The first-order valence-electron chi connectivity index (χ1n) is 4.36. The first-order valence-corrected chi connectivity index (χ1v) is 4.77. The maximum absolute atomic E-state index is 11.3. The minimum absolute atomic E-state index is 0.0547. The molecule has 0 amide bonds. The molecule has 0 aliphatic carbocycles. The maximum atomic E-state index is 11.3. The summed E-state index contributed by atoms with van der Waals surface area (Å²) in [5, 5.41) is 6.60. The summed E-state index contributed by atoms with van der Waals surface area (Å²) in [6.45, 7) is 2.24. The second-order valence-electron chi connectivity index (χ2n) is 3.20. The Morgan fingerprint density at radius 1 is 1.50 bits per heavy atom. The Hall–Kier alpha value is -1.42. The van der Waals surface area contributed by atoms with Gasteiger partial charge in [0.1, 0.15) is 0 Å². The molecule has 0 radical (unpaired) electrons. The van der Waals surface area contributed by atoms with Crippen LogP contribution in [0, 0.1) is 0 Å². The number of anilines is 1. The van der Waals surface area contributed by atoms with Crippen LogP contribution in [-0.4, -0.2) is 10.9 Å². The van der Waals surface area contributed by atoms with Crippen molar-refractivity contribution < 1.29 is 4.79 Å². The Bertz CT molecular complexity index is 415. The van der Waals surface area contributed by atoms with Gasteiger partial charge >= 0.3 is 0 Å². The number of ketones is 1. The van der Waals surface area contributed by atoms with E-state index in [-0.39, 0.29) is 5.78 Å². The molecule has 2 N–H and O–H groups in total. The molecule has 0 unspecified atom stereocenters. The Kier molecular flexibility index (Phi) is 2.21. The van der Waals surface area contributed by atoms with Crippen molar-refractivity contribution in [3.8, 4) is 0 Å². The summed E-state index contributed by atoms with van der Waals surface area (Å²) in [4.78, 5) is 11.3. The molecule has 4 heteroatoms. The van der Waals surface area contributed by atoms with Gasteiger partial charge in [-0.3, -0.25) is 4.79 Å². The largest absolute Gasteiger partial charge is 0.358 e. The molecule has 0 spiro atoms. The van der Waals surface area contributed by atoms with Gasteiger partial charge in [-0.15, -0.1) is 0 Å². The lowest BCUT2D eigenvalue weighted by Crippen LogP contribution is -2.34. The van der Waals surface area contributed by atoms with Crippen LogP contribution >= 0.6 is 12.2 Å². The first-order chi connectivity index (χ1) is 6.68. The lowest BCUT2D eigenvalue weighted by molar-refractivity contribution is 0.101. The zero-order valence-corrected chi connectivity index (χ0v) is 8.57. The zero-order valence-electron chi connectivity index (χ0n) is 7.76. The van der Waals surface area contributed by atoms with Gasteiger partial charge < -0.3 is 10.6 Å². The fourth-order valence-corrected chi connectivity index (χ4v) is 1.70. The number of carbonyl (C=O) groups is 1. The van der Waals surface area contributed by atoms with E-state index in [1.807, 2.05) is 18.2 Å². The standard InChI is InChI=1S/C10H10N2OS/c1-6(13)8-4-2-3-7-5-11-10(14)12-9(7)8/h2-4H,5H2,1H3,(H2,11,12,14). The summed E-state index contributed by atoms with van der Waals surface area (Å²) in [7, 11) is 0. The third kappa shape index (κ3) is 1.48. The summed E-state index contributed by atoms with van der Waals surface area (Å²) in [6.07, 6.45) is 0. The van der Waals surface area contributed by atoms with Gasteiger partial charge in [-0.1, -0.05) is 12.1 Å². The summed E-state index contributed by atoms with van der Waals surface area (Å²) in [6, 6.07) is 5.67. The molecule has 3 nitrogen and oxygen atoms in total. The highest BCUT2D eigenvalue weighted by atomic mass is 32.1. The Morgan fingerprint density at radius 2 is 2.29 bits per heavy atom. The topological polar surface area (TPSA) is 41.1 Å². The van der Waals surface area contributed by atoms with E-state index in [1.165, 1.54) is 0 Å². The van der Waals surface area contributed by atoms with Crippen LogP contribution < -0.4 is 10.6 Å². The van der Waals surface area contributed by atoms with Gasteiger partial charge in [0.2, 0.25) is 0 Å². The van der Waals surface area contributed by atoms with Crippen molar-refractivity contribution in [1.29, 1.82) is 0 Å². The van der Waals surface area contributed by atoms with Crippen molar-refractivity contribution in [2.24, 2.45) is 0 Å². The molecule has 0 saturated carbocycles. The molecule has 0 aromatic heterocycles. The van der Waals surface area contributed by atoms with E-state index in [9.17, 15) is 4.79 Å². The van der Waals surface area contributed by atoms with Crippen LogP contribution in [0.4, 0.5) is 5.69 Å². The highest BCUT2D eigenvalue weighted by molar-refractivity contribution is 7.80. The van der Waals surface area contributed by atoms with E-state index < -0.39 is 0 Å². The van der Waals surface area contributed by atoms with Gasteiger partial charge in [-0.25, -0.2) is 0 Å². The van der Waals surface area contributed by atoms with Gasteiger partial charge in [-0.2, -0.15) is 0 Å². The highest BCUT2D eigenvalue weighted by Gasteiger charge is 2.16. The van der Waals surface area contributed by atoms with Crippen molar-refractivity contribution in [2.45, 2.75) is 13.5 Å². The van der Waals surface area contributed by atoms with E-state index in [4.69, 9.17) is 12.2 Å². The van der Waals surface area contributed by atoms with Crippen LogP contribution in [0.25, 0.3) is 0 Å². The number of Topliss-reactive ketones (excluding diaryl/α,β-unsaturated/α-hetero) is 1. The molecule has 2 rings (SSSR count). The molecule has 14 heavy (non-hydrogen) atoms. The Balaban J connectivity index is 2.54. The lowest BCUT2D eigenvalue weighted by Gasteiger charge is -2.22. The number of carbonyl (C=O) groups excluding carboxylic acids is 1. The second-order valence-corrected chi connectivity index (χ2v) is 3.61. The minimum atomic E-state index is 0.0547. The number of nitrogens with one attached hydrogen (secondary N) is 2. The van der Waals surface area contributed by atoms with E-state index in [2.05, 4.69) is 10.6 Å². The smallest absolute Gasteiger partial charge is 0.171 e. The molecular weight excluding hydrogens is 196 g/mol. The first kappa shape index (κ1) is 9.15. The second kappa shape index (κ2) is 3.38. The molecule has 0 fully saturated rings. The van der Waals surface area contributed by atoms with Gasteiger partial charge in [0.25, 0.3) is 0 Å². The Labute approximate surface area is 87.5 Å². The normalized spacial score (nSPS) is 13.9. The fourth-order valence-electron chi connectivity index (χ4n) is 1.52. The predicted molar refractivity (Wildman–Crippen MR) is 59.5 cm³/mol. The predicted octanol–water partition coefficient (Wildman–Crippen LogP) is 1.69. The number of para-hydroxylation sites is 1. The minimum Gasteiger partial charge on any atom is -0.358 e. The third-order valence-electron chi connectivity index (χ3n) is 2.21. The molecule has 72 valence electrons. The molecule has 1 heterocycles. The Morgan fingerprint density at radius 3 is 3.00 bits per heavy atom. The van der Waals surface area contributed by atoms with Crippen LogP contribution in [0.1, 0.15) is 22.8 Å². The van der Waals surface area contributed by atoms with E-state index in [0.717, 1.165) is 11.3 Å². The molecule has 0 bridgehead atoms. The molecule has 1 aliphatic rings. The van der Waals surface area contributed by atoms with Crippen LogP contribution in [0.15, 0.2) is 18.2 Å². The molecule has 1 aromatic rings. The van der Waals surface area contributed by atoms with Gasteiger partial charge in [-0.05, 0) is 30.8 Å². The molecule has 1 aliphatic heterocycles. The quantitative estimate of drug-likeness (QED) is 0.542. The maximum Gasteiger partial charge on any atom is 0.171 e. The van der Waals surface area contributed by atoms with Crippen molar-refractivity contribution in [1.82, 2.24) is 5.32 Å². The summed E-state index contributed by atoms with van der Waals surface area (Å²) in [5.74, 6) is 0.0547. The van der Waals surface area contributed by atoms with Crippen molar-refractivity contribution >= 4 is 28.8 Å². The number of rotatable bonds is 1. The van der Waals surface area contributed by atoms with Crippen LogP contribution in [0.2, 0.25) is 0 Å². The monoisotopic (exact) mass is 206 g/mol.